The second-order valence-corrected chi connectivity index (χ2v) is 5.65. The number of aliphatic imine (C=N–C) groups is 1. The number of hydrogen-bond acceptors (Lipinski definition) is 2. The monoisotopic (exact) mass is 443 g/mol. The van der Waals surface area contributed by atoms with E-state index in [2.05, 4.69) is 20.3 Å². The van der Waals surface area contributed by atoms with Crippen molar-refractivity contribution >= 4 is 29.9 Å². The van der Waals surface area contributed by atoms with Gasteiger partial charge in [-0.2, -0.15) is 5.10 Å². The Hall–Kier alpha value is -1.64. The molecule has 1 aromatic carbocycles. The van der Waals surface area contributed by atoms with Crippen LogP contribution in [0, 0.1) is 5.82 Å². The van der Waals surface area contributed by atoms with Gasteiger partial charge in [-0.25, -0.2) is 9.07 Å². The van der Waals surface area contributed by atoms with Crippen LogP contribution in [0.15, 0.2) is 41.5 Å². The van der Waals surface area contributed by atoms with Crippen LogP contribution in [0.2, 0.25) is 0 Å². The predicted molar refractivity (Wildman–Crippen MR) is 105 cm³/mol. The van der Waals surface area contributed by atoms with E-state index in [-0.39, 0.29) is 29.8 Å². The molecule has 0 spiro atoms. The van der Waals surface area contributed by atoms with Crippen LogP contribution >= 0.6 is 24.0 Å². The molecule has 1 saturated heterocycles. The molecule has 1 aliphatic rings. The van der Waals surface area contributed by atoms with Crippen LogP contribution in [0.4, 0.5) is 4.39 Å². The summed E-state index contributed by atoms with van der Waals surface area (Å²) in [6, 6.07) is 8.32. The van der Waals surface area contributed by atoms with Gasteiger partial charge in [-0.1, -0.05) is 0 Å². The zero-order valence-electron chi connectivity index (χ0n) is 13.8. The molecule has 0 radical (unpaired) electrons. The van der Waals surface area contributed by atoms with Gasteiger partial charge in [0.2, 0.25) is 0 Å². The Bertz CT molecular complexity index is 662. The molecule has 0 bridgehead atoms. The maximum Gasteiger partial charge on any atom is 0.193 e. The number of guanidine groups is 1. The molecule has 0 saturated carbocycles. The van der Waals surface area contributed by atoms with E-state index in [1.165, 1.54) is 25.0 Å². The summed E-state index contributed by atoms with van der Waals surface area (Å²) in [5.41, 5.74) is 1.86. The van der Waals surface area contributed by atoms with Gasteiger partial charge in [0.1, 0.15) is 5.82 Å². The highest BCUT2D eigenvalue weighted by Crippen LogP contribution is 2.10. The van der Waals surface area contributed by atoms with Gasteiger partial charge in [0.25, 0.3) is 0 Å². The first-order chi connectivity index (χ1) is 11.3. The Balaban J connectivity index is 0.00000208. The molecule has 1 aromatic heterocycles. The average Bonchev–Trinajstić information content (AvgIpc) is 3.24. The Morgan fingerprint density at radius 3 is 2.58 bits per heavy atom. The first-order valence-electron chi connectivity index (χ1n) is 8.02. The Morgan fingerprint density at radius 2 is 1.92 bits per heavy atom. The molecular formula is C17H23FIN5. The molecule has 130 valence electrons. The SMILES string of the molecule is CN=C(NCCc1ccn(-c2ccc(F)cc2)n1)N1CCCC1.I. The third kappa shape index (κ3) is 4.68. The molecular weight excluding hydrogens is 420 g/mol. The van der Waals surface area contributed by atoms with Crippen molar-refractivity contribution in [3.8, 4) is 5.69 Å². The van der Waals surface area contributed by atoms with Crippen molar-refractivity contribution in [2.45, 2.75) is 19.3 Å². The van der Waals surface area contributed by atoms with Gasteiger partial charge in [0, 0.05) is 39.3 Å². The molecule has 2 heterocycles. The van der Waals surface area contributed by atoms with Crippen LogP contribution in [-0.2, 0) is 6.42 Å². The molecule has 1 aliphatic heterocycles. The molecule has 5 nitrogen and oxygen atoms in total. The lowest BCUT2D eigenvalue weighted by Gasteiger charge is -2.20. The minimum Gasteiger partial charge on any atom is -0.356 e. The van der Waals surface area contributed by atoms with Crippen LogP contribution in [0.5, 0.6) is 0 Å². The van der Waals surface area contributed by atoms with Gasteiger partial charge in [-0.05, 0) is 43.2 Å². The number of nitrogens with one attached hydrogen (secondary N) is 1. The normalized spacial score (nSPS) is 14.6. The highest BCUT2D eigenvalue weighted by atomic mass is 127. The first-order valence-corrected chi connectivity index (χ1v) is 8.02. The van der Waals surface area contributed by atoms with E-state index >= 15 is 0 Å². The highest BCUT2D eigenvalue weighted by Gasteiger charge is 2.15. The standard InChI is InChI=1S/C17H22FN5.HI/c1-19-17(22-11-2-3-12-22)20-10-8-15-9-13-23(21-15)16-6-4-14(18)5-7-16;/h4-7,9,13H,2-3,8,10-12H2,1H3,(H,19,20);1H. The molecule has 1 N–H and O–H groups in total. The summed E-state index contributed by atoms with van der Waals surface area (Å²) in [4.78, 5) is 6.62. The number of benzene rings is 1. The minimum atomic E-state index is -0.237. The summed E-state index contributed by atoms with van der Waals surface area (Å²) >= 11 is 0. The average molecular weight is 443 g/mol. The van der Waals surface area contributed by atoms with Gasteiger partial charge in [-0.3, -0.25) is 4.99 Å². The largest absolute Gasteiger partial charge is 0.356 e. The van der Waals surface area contributed by atoms with Gasteiger partial charge in [0.15, 0.2) is 5.96 Å². The summed E-state index contributed by atoms with van der Waals surface area (Å²) in [5, 5.41) is 7.92. The van der Waals surface area contributed by atoms with E-state index in [0.717, 1.165) is 43.4 Å². The first kappa shape index (κ1) is 18.7. The fourth-order valence-corrected chi connectivity index (χ4v) is 2.80. The zero-order valence-corrected chi connectivity index (χ0v) is 16.1. The summed E-state index contributed by atoms with van der Waals surface area (Å²) in [5.74, 6) is 0.735. The van der Waals surface area contributed by atoms with Crippen LogP contribution in [0.3, 0.4) is 0 Å². The number of aromatic nitrogens is 2. The molecule has 0 aliphatic carbocycles. The summed E-state index contributed by atoms with van der Waals surface area (Å²) < 4.78 is 14.7. The lowest BCUT2D eigenvalue weighted by Crippen LogP contribution is -2.40. The Morgan fingerprint density at radius 1 is 1.21 bits per heavy atom. The maximum absolute atomic E-state index is 13.0. The highest BCUT2D eigenvalue weighted by molar-refractivity contribution is 14.0. The molecule has 1 fully saturated rings. The molecule has 0 atom stereocenters. The van der Waals surface area contributed by atoms with Crippen molar-refractivity contribution in [2.24, 2.45) is 4.99 Å². The van der Waals surface area contributed by atoms with Crippen molar-refractivity contribution in [1.82, 2.24) is 20.0 Å². The topological polar surface area (TPSA) is 45.5 Å². The molecule has 7 heteroatoms. The second kappa shape index (κ2) is 9.00. The van der Waals surface area contributed by atoms with Gasteiger partial charge in [-0.15, -0.1) is 24.0 Å². The molecule has 3 rings (SSSR count). The van der Waals surface area contributed by atoms with Crippen LogP contribution in [0.1, 0.15) is 18.5 Å². The predicted octanol–water partition coefficient (Wildman–Crippen LogP) is 2.84. The molecule has 0 unspecified atom stereocenters. The Kier molecular flexibility index (Phi) is 7.01. The van der Waals surface area contributed by atoms with Gasteiger partial charge >= 0.3 is 0 Å². The zero-order chi connectivity index (χ0) is 16.1. The lowest BCUT2D eigenvalue weighted by atomic mass is 10.3. The smallest absolute Gasteiger partial charge is 0.193 e. The summed E-state index contributed by atoms with van der Waals surface area (Å²) in [6.07, 6.45) is 5.20. The summed E-state index contributed by atoms with van der Waals surface area (Å²) in [7, 11) is 1.82. The van der Waals surface area contributed by atoms with Crippen molar-refractivity contribution in [3.05, 3.63) is 48.0 Å². The molecule has 0 amide bonds. The van der Waals surface area contributed by atoms with Crippen LogP contribution < -0.4 is 5.32 Å². The second-order valence-electron chi connectivity index (χ2n) is 5.65. The van der Waals surface area contributed by atoms with Crippen LogP contribution in [-0.4, -0.2) is 47.3 Å². The van der Waals surface area contributed by atoms with Crippen molar-refractivity contribution in [1.29, 1.82) is 0 Å². The number of nitrogens with zero attached hydrogens (tertiary/aromatic N) is 4. The number of halogens is 2. The fraction of sp³-hybridized carbons (Fsp3) is 0.412. The van der Waals surface area contributed by atoms with E-state index < -0.39 is 0 Å². The van der Waals surface area contributed by atoms with Gasteiger partial charge < -0.3 is 10.2 Å². The van der Waals surface area contributed by atoms with Crippen LogP contribution in [0.25, 0.3) is 5.69 Å². The fourth-order valence-electron chi connectivity index (χ4n) is 2.80. The van der Waals surface area contributed by atoms with E-state index in [9.17, 15) is 4.39 Å². The van der Waals surface area contributed by atoms with Gasteiger partial charge in [0.05, 0.1) is 11.4 Å². The van der Waals surface area contributed by atoms with Crippen molar-refractivity contribution in [3.63, 3.8) is 0 Å². The molecule has 2 aromatic rings. The maximum atomic E-state index is 13.0. The minimum absolute atomic E-state index is 0. The quantitative estimate of drug-likeness (QED) is 0.449. The van der Waals surface area contributed by atoms with E-state index in [0.29, 0.717) is 0 Å². The number of rotatable bonds is 4. The third-order valence-electron chi connectivity index (χ3n) is 4.02. The summed E-state index contributed by atoms with van der Waals surface area (Å²) in [6.45, 7) is 2.96. The van der Waals surface area contributed by atoms with E-state index in [1.54, 1.807) is 16.8 Å². The van der Waals surface area contributed by atoms with Crippen molar-refractivity contribution < 1.29 is 4.39 Å². The Labute approximate surface area is 159 Å². The lowest BCUT2D eigenvalue weighted by molar-refractivity contribution is 0.494. The number of hydrogen-bond donors (Lipinski definition) is 1. The van der Waals surface area contributed by atoms with Crippen molar-refractivity contribution in [2.75, 3.05) is 26.7 Å². The third-order valence-corrected chi connectivity index (χ3v) is 4.02. The van der Waals surface area contributed by atoms with E-state index in [4.69, 9.17) is 0 Å². The number of likely N-dealkylation sites (tertiary alicyclic amines) is 1. The van der Waals surface area contributed by atoms with E-state index in [1.807, 2.05) is 19.3 Å². The molecule has 24 heavy (non-hydrogen) atoms.